The zero-order chi connectivity index (χ0) is 19.6. The van der Waals surface area contributed by atoms with Crippen LogP contribution in [0.4, 0.5) is 13.2 Å². The van der Waals surface area contributed by atoms with Crippen LogP contribution in [0.2, 0.25) is 0 Å². The van der Waals surface area contributed by atoms with Crippen LogP contribution in [0, 0.1) is 0 Å². The van der Waals surface area contributed by atoms with Crippen molar-refractivity contribution < 1.29 is 32.2 Å². The Morgan fingerprint density at radius 3 is 2.63 bits per heavy atom. The van der Waals surface area contributed by atoms with E-state index in [0.717, 1.165) is 40.2 Å². The number of thiophene rings is 1. The maximum Gasteiger partial charge on any atom is 0.405 e. The van der Waals surface area contributed by atoms with Gasteiger partial charge in [-0.05, 0) is 53.8 Å². The first kappa shape index (κ1) is 19.2. The lowest BCUT2D eigenvalue weighted by Gasteiger charge is -2.16. The van der Waals surface area contributed by atoms with Crippen LogP contribution < -0.4 is 10.1 Å². The fourth-order valence-corrected chi connectivity index (χ4v) is 3.95. The number of hydrogen-bond donors (Lipinski definition) is 1. The largest absolute Gasteiger partial charge is 0.497 e. The van der Waals surface area contributed by atoms with Crippen molar-refractivity contribution in [3.05, 3.63) is 40.3 Å². The molecule has 1 aliphatic carbocycles. The predicted octanol–water partition coefficient (Wildman–Crippen LogP) is 3.36. The van der Waals surface area contributed by atoms with Crippen molar-refractivity contribution in [1.82, 2.24) is 5.32 Å². The van der Waals surface area contributed by atoms with Gasteiger partial charge in [0.1, 0.15) is 17.2 Å². The van der Waals surface area contributed by atoms with E-state index in [4.69, 9.17) is 9.47 Å². The average molecular weight is 399 g/mol. The Kier molecular flexibility index (Phi) is 5.41. The summed E-state index contributed by atoms with van der Waals surface area (Å²) in [5.41, 5.74) is 3.14. The van der Waals surface area contributed by atoms with Crippen LogP contribution in [0.5, 0.6) is 5.75 Å². The maximum absolute atomic E-state index is 12.1. The second-order valence-corrected chi connectivity index (χ2v) is 7.01. The molecule has 3 rings (SSSR count). The molecule has 0 unspecified atom stereocenters. The number of aryl methyl sites for hydroxylation is 2. The summed E-state index contributed by atoms with van der Waals surface area (Å²) in [4.78, 5) is 24.8. The third-order valence-electron chi connectivity index (χ3n) is 4.05. The van der Waals surface area contributed by atoms with Crippen molar-refractivity contribution in [1.29, 1.82) is 0 Å². The van der Waals surface area contributed by atoms with Crippen molar-refractivity contribution in [3.8, 4) is 16.2 Å². The summed E-state index contributed by atoms with van der Waals surface area (Å²) < 4.78 is 46.2. The van der Waals surface area contributed by atoms with Gasteiger partial charge in [-0.2, -0.15) is 13.2 Å². The monoisotopic (exact) mass is 399 g/mol. The number of esters is 1. The number of carbonyl (C=O) groups excluding carboxylic acids is 2. The molecule has 1 amide bonds. The minimum Gasteiger partial charge on any atom is -0.497 e. The van der Waals surface area contributed by atoms with Crippen LogP contribution in [0.3, 0.4) is 0 Å². The van der Waals surface area contributed by atoms with E-state index in [1.54, 1.807) is 18.5 Å². The minimum absolute atomic E-state index is 0.312. The van der Waals surface area contributed by atoms with Crippen molar-refractivity contribution in [3.63, 3.8) is 0 Å². The van der Waals surface area contributed by atoms with Gasteiger partial charge in [0, 0.05) is 4.88 Å². The molecule has 0 atom stereocenters. The van der Waals surface area contributed by atoms with Crippen LogP contribution in [0.1, 0.15) is 20.8 Å². The lowest BCUT2D eigenvalue weighted by molar-refractivity contribution is -0.140. The van der Waals surface area contributed by atoms with Gasteiger partial charge in [-0.15, -0.1) is 11.3 Å². The fourth-order valence-electron chi connectivity index (χ4n) is 2.79. The number of ether oxygens (including phenoxy) is 2. The second kappa shape index (κ2) is 7.59. The van der Waals surface area contributed by atoms with E-state index in [-0.39, 0.29) is 0 Å². The van der Waals surface area contributed by atoms with Gasteiger partial charge in [0.2, 0.25) is 0 Å². The Hall–Kier alpha value is -2.55. The number of hydrogen-bond acceptors (Lipinski definition) is 5. The summed E-state index contributed by atoms with van der Waals surface area (Å²) in [5.74, 6) is -0.968. The van der Waals surface area contributed by atoms with Gasteiger partial charge in [0.15, 0.2) is 6.61 Å². The first-order valence-electron chi connectivity index (χ1n) is 8.07. The summed E-state index contributed by atoms with van der Waals surface area (Å²) in [5, 5.41) is 1.65. The number of alkyl halides is 3. The number of methoxy groups -OCH3 is 1. The van der Waals surface area contributed by atoms with Gasteiger partial charge in [-0.3, -0.25) is 4.79 Å². The third-order valence-corrected chi connectivity index (χ3v) is 5.24. The third kappa shape index (κ3) is 4.60. The number of amides is 1. The normalized spacial score (nSPS) is 12.7. The lowest BCUT2D eigenvalue weighted by Crippen LogP contribution is -2.36. The number of nitrogens with one attached hydrogen (secondary N) is 1. The first-order chi connectivity index (χ1) is 12.8. The molecule has 2 aromatic rings. The highest BCUT2D eigenvalue weighted by atomic mass is 32.1. The summed E-state index contributed by atoms with van der Waals surface area (Å²) in [6.07, 6.45) is -2.95. The summed E-state index contributed by atoms with van der Waals surface area (Å²) in [6.45, 7) is -2.22. The van der Waals surface area contributed by atoms with Crippen LogP contribution in [0.15, 0.2) is 24.3 Å². The Labute approximate surface area is 157 Å². The summed E-state index contributed by atoms with van der Waals surface area (Å²) in [6, 6.07) is 7.45. The smallest absolute Gasteiger partial charge is 0.405 e. The molecule has 0 saturated carbocycles. The first-order valence-corrected chi connectivity index (χ1v) is 8.89. The number of rotatable bonds is 5. The molecule has 0 aliphatic heterocycles. The molecular weight excluding hydrogens is 383 g/mol. The van der Waals surface area contributed by atoms with E-state index in [0.29, 0.717) is 4.88 Å². The van der Waals surface area contributed by atoms with E-state index in [2.05, 4.69) is 0 Å². The van der Waals surface area contributed by atoms with Crippen LogP contribution >= 0.6 is 11.3 Å². The topological polar surface area (TPSA) is 64.6 Å². The molecule has 0 fully saturated rings. The minimum atomic E-state index is -4.51. The standard InChI is InChI=1S/C18H16F3NO4S/c1-25-12-4-5-13-10(6-12)2-3-11-7-14(27-16(11)13)17(24)26-8-15(23)22-9-18(19,20)21/h4-7H,2-3,8-9H2,1H3,(H,22,23). The average Bonchev–Trinajstić information content (AvgIpc) is 3.08. The zero-order valence-electron chi connectivity index (χ0n) is 14.3. The molecule has 1 aromatic carbocycles. The van der Waals surface area contributed by atoms with Crippen molar-refractivity contribution in [2.24, 2.45) is 0 Å². The quantitative estimate of drug-likeness (QED) is 0.784. The highest BCUT2D eigenvalue weighted by Crippen LogP contribution is 2.40. The highest BCUT2D eigenvalue weighted by molar-refractivity contribution is 7.17. The van der Waals surface area contributed by atoms with Gasteiger partial charge < -0.3 is 14.8 Å². The van der Waals surface area contributed by atoms with Crippen LogP contribution in [0.25, 0.3) is 10.4 Å². The molecule has 9 heteroatoms. The molecule has 1 aromatic heterocycles. The summed E-state index contributed by atoms with van der Waals surface area (Å²) >= 11 is 1.24. The Balaban J connectivity index is 1.66. The molecule has 0 saturated heterocycles. The summed E-state index contributed by atoms with van der Waals surface area (Å²) in [7, 11) is 1.60. The van der Waals surface area contributed by atoms with E-state index < -0.39 is 31.2 Å². The van der Waals surface area contributed by atoms with Crippen LogP contribution in [-0.2, 0) is 22.4 Å². The molecule has 1 aliphatic rings. The molecule has 5 nitrogen and oxygen atoms in total. The van der Waals surface area contributed by atoms with Crippen molar-refractivity contribution in [2.75, 3.05) is 20.3 Å². The molecular formula is C18H16F3NO4S. The van der Waals surface area contributed by atoms with E-state index in [1.807, 2.05) is 18.2 Å². The molecule has 27 heavy (non-hydrogen) atoms. The predicted molar refractivity (Wildman–Crippen MR) is 93.1 cm³/mol. The molecule has 0 spiro atoms. The Morgan fingerprint density at radius 2 is 1.93 bits per heavy atom. The van der Waals surface area contributed by atoms with Gasteiger partial charge in [-0.25, -0.2) is 4.79 Å². The van der Waals surface area contributed by atoms with Gasteiger partial charge in [0.25, 0.3) is 5.91 Å². The molecule has 0 bridgehead atoms. The molecule has 0 radical (unpaired) electrons. The Morgan fingerprint density at radius 1 is 1.19 bits per heavy atom. The second-order valence-electron chi connectivity index (χ2n) is 5.96. The maximum atomic E-state index is 12.1. The van der Waals surface area contributed by atoms with Crippen molar-refractivity contribution >= 4 is 23.2 Å². The van der Waals surface area contributed by atoms with E-state index in [9.17, 15) is 22.8 Å². The van der Waals surface area contributed by atoms with Crippen LogP contribution in [-0.4, -0.2) is 38.3 Å². The highest BCUT2D eigenvalue weighted by Gasteiger charge is 2.28. The van der Waals surface area contributed by atoms with E-state index >= 15 is 0 Å². The number of benzene rings is 1. The number of fused-ring (bicyclic) bond motifs is 3. The van der Waals surface area contributed by atoms with Gasteiger partial charge >= 0.3 is 12.1 Å². The van der Waals surface area contributed by atoms with E-state index in [1.165, 1.54) is 11.3 Å². The van der Waals surface area contributed by atoms with Gasteiger partial charge in [-0.1, -0.05) is 0 Å². The lowest BCUT2D eigenvalue weighted by atomic mass is 9.91. The zero-order valence-corrected chi connectivity index (χ0v) is 15.1. The Bertz CT molecular complexity index is 876. The molecule has 1 heterocycles. The number of halogens is 3. The molecule has 1 N–H and O–H groups in total. The van der Waals surface area contributed by atoms with Crippen molar-refractivity contribution in [2.45, 2.75) is 19.0 Å². The number of carbonyl (C=O) groups is 2. The molecule has 144 valence electrons. The SMILES string of the molecule is COc1ccc2c(c1)CCc1cc(C(=O)OCC(=O)NCC(F)(F)F)sc1-2. The fraction of sp³-hybridized carbons (Fsp3) is 0.333. The van der Waals surface area contributed by atoms with Gasteiger partial charge in [0.05, 0.1) is 7.11 Å².